The van der Waals surface area contributed by atoms with Crippen molar-refractivity contribution in [1.82, 2.24) is 20.3 Å². The normalized spacial score (nSPS) is 16.9. The van der Waals surface area contributed by atoms with Crippen molar-refractivity contribution >= 4 is 38.7 Å². The Kier molecular flexibility index (Phi) is 7.12. The summed E-state index contributed by atoms with van der Waals surface area (Å²) >= 11 is 1.14. The Bertz CT molecular complexity index is 1380. The standard InChI is InChI=1S/C24H28N6O5S2/c1-16-15-36-23(26-16)37(33,34)24(6-7-24)19-14-20(30-9-12-35-13-10-30)29-21(28-19)17-2-4-18(5-3-17)27-22(32)25-8-11-31/h2-5,14-15,31H,6-13H2,1H3,(H2,25,27,32). The van der Waals surface area contributed by atoms with Crippen LogP contribution in [0.25, 0.3) is 11.4 Å². The molecule has 2 aliphatic rings. The summed E-state index contributed by atoms with van der Waals surface area (Å²) in [5, 5.41) is 15.8. The van der Waals surface area contributed by atoms with Gasteiger partial charge in [-0.15, -0.1) is 11.3 Å². The fraction of sp³-hybridized carbons (Fsp3) is 0.417. The maximum atomic E-state index is 13.7. The number of rotatable bonds is 8. The van der Waals surface area contributed by atoms with E-state index in [1.165, 1.54) is 0 Å². The molecule has 1 aliphatic carbocycles. The predicted octanol–water partition coefficient (Wildman–Crippen LogP) is 2.32. The predicted molar refractivity (Wildman–Crippen MR) is 140 cm³/mol. The Balaban J connectivity index is 1.51. The number of anilines is 2. The zero-order valence-corrected chi connectivity index (χ0v) is 21.9. The van der Waals surface area contributed by atoms with E-state index in [0.717, 1.165) is 11.3 Å². The number of urea groups is 1. The second-order valence-corrected chi connectivity index (χ2v) is 12.3. The lowest BCUT2D eigenvalue weighted by molar-refractivity contribution is 0.122. The topological polar surface area (TPSA) is 147 Å². The molecule has 11 nitrogen and oxygen atoms in total. The first-order valence-corrected chi connectivity index (χ1v) is 14.3. The van der Waals surface area contributed by atoms with Gasteiger partial charge in [-0.2, -0.15) is 0 Å². The number of aliphatic hydroxyl groups excluding tert-OH is 1. The molecule has 3 aromatic rings. The van der Waals surface area contributed by atoms with Gasteiger partial charge in [0.1, 0.15) is 10.6 Å². The number of morpholine rings is 1. The maximum Gasteiger partial charge on any atom is 0.319 e. The van der Waals surface area contributed by atoms with Gasteiger partial charge in [-0.3, -0.25) is 0 Å². The number of ether oxygens (including phenoxy) is 1. The van der Waals surface area contributed by atoms with E-state index in [0.29, 0.717) is 73.4 Å². The Morgan fingerprint density at radius 1 is 1.16 bits per heavy atom. The van der Waals surface area contributed by atoms with Gasteiger partial charge in [0.25, 0.3) is 0 Å². The van der Waals surface area contributed by atoms with Crippen LogP contribution in [0.4, 0.5) is 16.3 Å². The molecular weight excluding hydrogens is 516 g/mol. The molecule has 0 atom stereocenters. The highest BCUT2D eigenvalue weighted by Crippen LogP contribution is 2.55. The molecule has 3 N–H and O–H groups in total. The van der Waals surface area contributed by atoms with Crippen molar-refractivity contribution in [3.63, 3.8) is 0 Å². The SMILES string of the molecule is Cc1csc(S(=O)(=O)C2(c3cc(N4CCOCC4)nc(-c4ccc(NC(=O)NCCO)cc4)n3)CC2)n1. The summed E-state index contributed by atoms with van der Waals surface area (Å²) in [5.41, 5.74) is 2.40. The molecule has 13 heteroatoms. The largest absolute Gasteiger partial charge is 0.395 e. The summed E-state index contributed by atoms with van der Waals surface area (Å²) in [4.78, 5) is 27.8. The van der Waals surface area contributed by atoms with E-state index in [-0.39, 0.29) is 17.5 Å². The van der Waals surface area contributed by atoms with Gasteiger partial charge >= 0.3 is 6.03 Å². The second kappa shape index (κ2) is 10.3. The number of benzene rings is 1. The van der Waals surface area contributed by atoms with Crippen LogP contribution in [0.1, 0.15) is 24.2 Å². The van der Waals surface area contributed by atoms with E-state index in [1.54, 1.807) is 42.6 Å². The number of nitrogens with zero attached hydrogens (tertiary/aromatic N) is 4. The van der Waals surface area contributed by atoms with Gasteiger partial charge in [-0.25, -0.2) is 28.2 Å². The third-order valence-electron chi connectivity index (χ3n) is 6.36. The molecule has 0 radical (unpaired) electrons. The van der Waals surface area contributed by atoms with Gasteiger partial charge < -0.3 is 25.4 Å². The van der Waals surface area contributed by atoms with Gasteiger partial charge in [0, 0.05) is 48.0 Å². The van der Waals surface area contributed by atoms with Crippen LogP contribution in [0.3, 0.4) is 0 Å². The molecule has 1 saturated heterocycles. The lowest BCUT2D eigenvalue weighted by Crippen LogP contribution is -2.37. The number of hydrogen-bond acceptors (Lipinski definition) is 10. The van der Waals surface area contributed by atoms with Crippen molar-refractivity contribution < 1.29 is 23.1 Å². The van der Waals surface area contributed by atoms with Crippen LogP contribution in [0.2, 0.25) is 0 Å². The van der Waals surface area contributed by atoms with E-state index in [2.05, 4.69) is 20.5 Å². The molecule has 1 aromatic carbocycles. The van der Waals surface area contributed by atoms with Crippen molar-refractivity contribution in [2.75, 3.05) is 49.7 Å². The molecule has 0 unspecified atom stereocenters. The number of thiazole rings is 1. The van der Waals surface area contributed by atoms with Gasteiger partial charge in [0.15, 0.2) is 5.82 Å². The Morgan fingerprint density at radius 2 is 1.89 bits per heavy atom. The van der Waals surface area contributed by atoms with E-state index in [4.69, 9.17) is 19.8 Å². The van der Waals surface area contributed by atoms with E-state index >= 15 is 0 Å². The van der Waals surface area contributed by atoms with E-state index in [1.807, 2.05) is 0 Å². The highest BCUT2D eigenvalue weighted by atomic mass is 32.2. The number of carbonyl (C=O) groups is 1. The first-order valence-electron chi connectivity index (χ1n) is 12.0. The number of carbonyl (C=O) groups excluding carboxylic acids is 1. The van der Waals surface area contributed by atoms with Crippen LogP contribution in [0.15, 0.2) is 40.1 Å². The quantitative estimate of drug-likeness (QED) is 0.389. The van der Waals surface area contributed by atoms with Crippen LogP contribution in [-0.2, 0) is 19.3 Å². The molecule has 2 amide bonds. The average Bonchev–Trinajstić information content (AvgIpc) is 3.63. The molecule has 5 rings (SSSR count). The van der Waals surface area contributed by atoms with Crippen molar-refractivity contribution in [3.8, 4) is 11.4 Å². The maximum absolute atomic E-state index is 13.7. The Morgan fingerprint density at radius 3 is 2.51 bits per heavy atom. The van der Waals surface area contributed by atoms with Crippen LogP contribution < -0.4 is 15.5 Å². The molecule has 2 aromatic heterocycles. The first kappa shape index (κ1) is 25.5. The van der Waals surface area contributed by atoms with Gasteiger partial charge in [-0.1, -0.05) is 0 Å². The number of aromatic nitrogens is 3. The van der Waals surface area contributed by atoms with Crippen molar-refractivity contribution in [1.29, 1.82) is 0 Å². The second-order valence-electron chi connectivity index (χ2n) is 8.97. The van der Waals surface area contributed by atoms with Crippen LogP contribution in [0, 0.1) is 6.92 Å². The van der Waals surface area contributed by atoms with E-state index < -0.39 is 20.6 Å². The van der Waals surface area contributed by atoms with Gasteiger partial charge in [-0.05, 0) is 44.0 Å². The molecule has 0 bridgehead atoms. The van der Waals surface area contributed by atoms with Crippen molar-refractivity contribution in [2.45, 2.75) is 28.9 Å². The number of nitrogens with one attached hydrogen (secondary N) is 2. The molecular formula is C24H28N6O5S2. The summed E-state index contributed by atoms with van der Waals surface area (Å²) in [6.45, 7) is 4.21. The number of sulfone groups is 1. The molecule has 1 aliphatic heterocycles. The summed E-state index contributed by atoms with van der Waals surface area (Å²) in [5.74, 6) is 1.07. The smallest absolute Gasteiger partial charge is 0.319 e. The highest BCUT2D eigenvalue weighted by molar-refractivity contribution is 7.94. The first-order chi connectivity index (χ1) is 17.8. The number of amides is 2. The average molecular weight is 545 g/mol. The lowest BCUT2D eigenvalue weighted by Gasteiger charge is -2.29. The number of hydrogen-bond donors (Lipinski definition) is 3. The Hall–Kier alpha value is -3.13. The van der Waals surface area contributed by atoms with Gasteiger partial charge in [0.2, 0.25) is 14.2 Å². The van der Waals surface area contributed by atoms with Crippen LogP contribution >= 0.6 is 11.3 Å². The highest BCUT2D eigenvalue weighted by Gasteiger charge is 2.59. The van der Waals surface area contributed by atoms with E-state index in [9.17, 15) is 13.2 Å². The fourth-order valence-corrected chi connectivity index (χ4v) is 7.47. The molecule has 37 heavy (non-hydrogen) atoms. The number of aliphatic hydroxyl groups is 1. The minimum absolute atomic E-state index is 0.116. The Labute approximate surface area is 218 Å². The number of aryl methyl sites for hydroxylation is 1. The zero-order chi connectivity index (χ0) is 26.0. The monoisotopic (exact) mass is 544 g/mol. The third kappa shape index (κ3) is 5.17. The molecule has 1 saturated carbocycles. The zero-order valence-electron chi connectivity index (χ0n) is 20.3. The minimum atomic E-state index is -3.73. The van der Waals surface area contributed by atoms with Crippen molar-refractivity contribution in [2.24, 2.45) is 0 Å². The minimum Gasteiger partial charge on any atom is -0.395 e. The third-order valence-corrected chi connectivity index (χ3v) is 10.3. The molecule has 0 spiro atoms. The summed E-state index contributed by atoms with van der Waals surface area (Å²) in [6.07, 6.45) is 0.942. The lowest BCUT2D eigenvalue weighted by atomic mass is 10.1. The van der Waals surface area contributed by atoms with Crippen LogP contribution in [-0.4, -0.2) is 74.0 Å². The summed E-state index contributed by atoms with van der Waals surface area (Å²) in [7, 11) is -3.73. The molecule has 3 heterocycles. The molecule has 2 fully saturated rings. The summed E-state index contributed by atoms with van der Waals surface area (Å²) in [6, 6.07) is 8.37. The summed E-state index contributed by atoms with van der Waals surface area (Å²) < 4.78 is 31.8. The molecule has 196 valence electrons. The van der Waals surface area contributed by atoms with Crippen LogP contribution in [0.5, 0.6) is 0 Å². The van der Waals surface area contributed by atoms with Crippen molar-refractivity contribution in [3.05, 3.63) is 47.1 Å². The van der Waals surface area contributed by atoms with Gasteiger partial charge in [0.05, 0.1) is 25.5 Å². The fourth-order valence-electron chi connectivity index (χ4n) is 4.20.